The Balaban J connectivity index is 3.82. The van der Waals surface area contributed by atoms with E-state index in [9.17, 15) is 4.79 Å². The lowest BCUT2D eigenvalue weighted by Gasteiger charge is -2.14. The van der Waals surface area contributed by atoms with Crippen molar-refractivity contribution in [3.05, 3.63) is 0 Å². The summed E-state index contributed by atoms with van der Waals surface area (Å²) in [6.07, 6.45) is -1.97. The highest BCUT2D eigenvalue weighted by Gasteiger charge is 2.24. The Morgan fingerprint density at radius 3 is 2.27 bits per heavy atom. The van der Waals surface area contributed by atoms with E-state index in [1.165, 1.54) is 6.92 Å². The van der Waals surface area contributed by atoms with Gasteiger partial charge in [0.05, 0.1) is 12.2 Å². The first-order chi connectivity index (χ1) is 4.95. The van der Waals surface area contributed by atoms with Gasteiger partial charge in [-0.05, 0) is 6.92 Å². The van der Waals surface area contributed by atoms with Gasteiger partial charge in [-0.1, -0.05) is 0 Å². The van der Waals surface area contributed by atoms with Crippen LogP contribution in [0.3, 0.4) is 0 Å². The summed E-state index contributed by atoms with van der Waals surface area (Å²) in [5, 5.41) is 24.7. The molecule has 0 amide bonds. The molecule has 0 rings (SSSR count). The zero-order valence-electron chi connectivity index (χ0n) is 6.07. The maximum atomic E-state index is 10.1. The second-order valence-electron chi connectivity index (χ2n) is 2.39. The SMILES string of the molecule is CC(O)CC(O)C(Cl)C(=O)O. The van der Waals surface area contributed by atoms with Crippen LogP contribution in [0.4, 0.5) is 0 Å². The first kappa shape index (κ1) is 10.7. The van der Waals surface area contributed by atoms with E-state index >= 15 is 0 Å². The molecule has 0 aromatic rings. The summed E-state index contributed by atoms with van der Waals surface area (Å²) in [4.78, 5) is 10.1. The van der Waals surface area contributed by atoms with Gasteiger partial charge >= 0.3 is 5.97 Å². The van der Waals surface area contributed by atoms with Crippen molar-refractivity contribution in [2.75, 3.05) is 0 Å². The van der Waals surface area contributed by atoms with E-state index in [-0.39, 0.29) is 6.42 Å². The third kappa shape index (κ3) is 4.19. The largest absolute Gasteiger partial charge is 0.480 e. The second kappa shape index (κ2) is 4.54. The van der Waals surface area contributed by atoms with Gasteiger partial charge in [-0.3, -0.25) is 4.79 Å². The molecular weight excluding hydrogens is 172 g/mol. The normalized spacial score (nSPS) is 18.9. The molecule has 0 spiro atoms. The Morgan fingerprint density at radius 1 is 1.55 bits per heavy atom. The van der Waals surface area contributed by atoms with Crippen molar-refractivity contribution in [3.8, 4) is 0 Å². The number of carboxylic acids is 1. The van der Waals surface area contributed by atoms with Gasteiger partial charge in [0, 0.05) is 6.42 Å². The zero-order chi connectivity index (χ0) is 9.02. The van der Waals surface area contributed by atoms with Crippen LogP contribution < -0.4 is 0 Å². The molecule has 0 saturated heterocycles. The van der Waals surface area contributed by atoms with Gasteiger partial charge in [-0.2, -0.15) is 0 Å². The molecule has 11 heavy (non-hydrogen) atoms. The summed E-state index contributed by atoms with van der Waals surface area (Å²) in [6, 6.07) is 0. The minimum absolute atomic E-state index is 0.0273. The van der Waals surface area contributed by atoms with Crippen molar-refractivity contribution < 1.29 is 20.1 Å². The molecule has 3 atom stereocenters. The minimum Gasteiger partial charge on any atom is -0.480 e. The van der Waals surface area contributed by atoms with Crippen LogP contribution in [0.25, 0.3) is 0 Å². The van der Waals surface area contributed by atoms with Crippen LogP contribution in [-0.4, -0.2) is 38.9 Å². The number of carboxylic acid groups (broad SMARTS) is 1. The fraction of sp³-hybridized carbons (Fsp3) is 0.833. The van der Waals surface area contributed by atoms with Gasteiger partial charge in [0.1, 0.15) is 0 Å². The van der Waals surface area contributed by atoms with Gasteiger partial charge in [0.15, 0.2) is 5.38 Å². The Morgan fingerprint density at radius 2 is 2.00 bits per heavy atom. The molecule has 0 aliphatic heterocycles. The van der Waals surface area contributed by atoms with Crippen molar-refractivity contribution in [3.63, 3.8) is 0 Å². The smallest absolute Gasteiger partial charge is 0.324 e. The summed E-state index contributed by atoms with van der Waals surface area (Å²) in [6.45, 7) is 1.45. The number of alkyl halides is 1. The average molecular weight is 183 g/mol. The molecule has 4 nitrogen and oxygen atoms in total. The van der Waals surface area contributed by atoms with Crippen molar-refractivity contribution in [1.82, 2.24) is 0 Å². The van der Waals surface area contributed by atoms with E-state index in [0.29, 0.717) is 0 Å². The summed E-state index contributed by atoms with van der Waals surface area (Å²) in [7, 11) is 0. The Hall–Kier alpha value is -0.320. The predicted molar refractivity (Wildman–Crippen MR) is 39.6 cm³/mol. The number of rotatable bonds is 4. The van der Waals surface area contributed by atoms with Crippen molar-refractivity contribution in [2.45, 2.75) is 30.9 Å². The Kier molecular flexibility index (Phi) is 4.40. The maximum Gasteiger partial charge on any atom is 0.324 e. The number of carbonyl (C=O) groups is 1. The molecule has 0 radical (unpaired) electrons. The summed E-state index contributed by atoms with van der Waals surface area (Å²) in [5.41, 5.74) is 0. The van der Waals surface area contributed by atoms with E-state index in [0.717, 1.165) is 0 Å². The van der Waals surface area contributed by atoms with E-state index in [1.807, 2.05) is 0 Å². The summed E-state index contributed by atoms with van der Waals surface area (Å²) in [5.74, 6) is -1.28. The quantitative estimate of drug-likeness (QED) is 0.527. The highest BCUT2D eigenvalue weighted by molar-refractivity contribution is 6.30. The third-order valence-electron chi connectivity index (χ3n) is 1.16. The topological polar surface area (TPSA) is 77.8 Å². The number of halogens is 1. The predicted octanol–water partition coefficient (Wildman–Crippen LogP) is -0.190. The van der Waals surface area contributed by atoms with Crippen LogP contribution in [-0.2, 0) is 4.79 Å². The minimum atomic E-state index is -1.34. The molecule has 0 fully saturated rings. The molecule has 0 bridgehead atoms. The monoisotopic (exact) mass is 182 g/mol. The van der Waals surface area contributed by atoms with Crippen LogP contribution >= 0.6 is 11.6 Å². The highest BCUT2D eigenvalue weighted by Crippen LogP contribution is 2.08. The molecule has 0 aliphatic rings. The number of aliphatic hydroxyl groups is 2. The number of hydrogen-bond donors (Lipinski definition) is 3. The van der Waals surface area contributed by atoms with Crippen LogP contribution in [0, 0.1) is 0 Å². The van der Waals surface area contributed by atoms with E-state index in [4.69, 9.17) is 26.9 Å². The van der Waals surface area contributed by atoms with Crippen molar-refractivity contribution >= 4 is 17.6 Å². The molecule has 0 aliphatic carbocycles. The van der Waals surface area contributed by atoms with Crippen LogP contribution in [0.1, 0.15) is 13.3 Å². The molecular formula is C6H11ClO4. The van der Waals surface area contributed by atoms with Crippen LogP contribution in [0.5, 0.6) is 0 Å². The van der Waals surface area contributed by atoms with E-state index in [2.05, 4.69) is 0 Å². The van der Waals surface area contributed by atoms with Crippen molar-refractivity contribution in [1.29, 1.82) is 0 Å². The maximum absolute atomic E-state index is 10.1. The van der Waals surface area contributed by atoms with E-state index in [1.54, 1.807) is 0 Å². The number of aliphatic hydroxyl groups excluding tert-OH is 2. The average Bonchev–Trinajstić information content (AvgIpc) is 1.84. The number of hydrogen-bond acceptors (Lipinski definition) is 3. The zero-order valence-corrected chi connectivity index (χ0v) is 6.82. The molecule has 0 aromatic carbocycles. The first-order valence-corrected chi connectivity index (χ1v) is 3.61. The Labute approximate surface area is 69.4 Å². The number of aliphatic carboxylic acids is 1. The highest BCUT2D eigenvalue weighted by atomic mass is 35.5. The molecule has 3 N–H and O–H groups in total. The standard InChI is InChI=1S/C6H11ClO4/c1-3(8)2-4(9)5(7)6(10)11/h3-5,8-9H,2H2,1H3,(H,10,11). The second-order valence-corrected chi connectivity index (χ2v) is 2.86. The lowest BCUT2D eigenvalue weighted by molar-refractivity contribution is -0.138. The molecule has 5 heteroatoms. The lowest BCUT2D eigenvalue weighted by Crippen LogP contribution is -2.31. The molecule has 0 heterocycles. The van der Waals surface area contributed by atoms with Gasteiger partial charge < -0.3 is 15.3 Å². The van der Waals surface area contributed by atoms with E-state index < -0.39 is 23.6 Å². The fourth-order valence-electron chi connectivity index (χ4n) is 0.634. The fourth-order valence-corrected chi connectivity index (χ4v) is 0.736. The molecule has 0 aromatic heterocycles. The van der Waals surface area contributed by atoms with Gasteiger partial charge in [0.2, 0.25) is 0 Å². The molecule has 3 unspecified atom stereocenters. The summed E-state index contributed by atoms with van der Waals surface area (Å²) >= 11 is 5.25. The van der Waals surface area contributed by atoms with Gasteiger partial charge in [-0.25, -0.2) is 0 Å². The molecule has 0 saturated carbocycles. The third-order valence-corrected chi connectivity index (χ3v) is 1.63. The van der Waals surface area contributed by atoms with Crippen molar-refractivity contribution in [2.24, 2.45) is 0 Å². The first-order valence-electron chi connectivity index (χ1n) is 3.18. The van der Waals surface area contributed by atoms with Crippen LogP contribution in [0.15, 0.2) is 0 Å². The summed E-state index contributed by atoms with van der Waals surface area (Å²) < 4.78 is 0. The molecule has 66 valence electrons. The van der Waals surface area contributed by atoms with Crippen LogP contribution in [0.2, 0.25) is 0 Å². The van der Waals surface area contributed by atoms with Gasteiger partial charge in [0.25, 0.3) is 0 Å². The lowest BCUT2D eigenvalue weighted by atomic mass is 10.1. The van der Waals surface area contributed by atoms with Gasteiger partial charge in [-0.15, -0.1) is 11.6 Å². The Bertz CT molecular complexity index is 137.